The summed E-state index contributed by atoms with van der Waals surface area (Å²) in [6.07, 6.45) is 1.73. The lowest BCUT2D eigenvalue weighted by Gasteiger charge is -2.17. The van der Waals surface area contributed by atoms with Crippen molar-refractivity contribution in [2.45, 2.75) is 27.3 Å². The zero-order chi connectivity index (χ0) is 18.1. The van der Waals surface area contributed by atoms with Gasteiger partial charge < -0.3 is 0 Å². The Hall–Kier alpha value is -2.04. The second kappa shape index (κ2) is 7.06. The summed E-state index contributed by atoms with van der Waals surface area (Å²) in [4.78, 5) is 26.8. The van der Waals surface area contributed by atoms with Gasteiger partial charge in [-0.3, -0.25) is 14.5 Å². The van der Waals surface area contributed by atoms with Gasteiger partial charge in [0.1, 0.15) is 0 Å². The fourth-order valence-electron chi connectivity index (χ4n) is 2.96. The van der Waals surface area contributed by atoms with E-state index in [-0.39, 0.29) is 11.1 Å². The van der Waals surface area contributed by atoms with Crippen LogP contribution in [0.15, 0.2) is 41.3 Å². The minimum Gasteiger partial charge on any atom is -0.268 e. The number of benzene rings is 2. The van der Waals surface area contributed by atoms with Crippen LogP contribution in [0.1, 0.15) is 27.8 Å². The molecule has 1 fully saturated rings. The first kappa shape index (κ1) is 17.8. The van der Waals surface area contributed by atoms with Crippen molar-refractivity contribution in [1.29, 1.82) is 0 Å². The third-order valence-electron chi connectivity index (χ3n) is 4.20. The van der Waals surface area contributed by atoms with Crippen LogP contribution in [0.4, 0.5) is 4.79 Å². The number of rotatable bonds is 3. The summed E-state index contributed by atoms with van der Waals surface area (Å²) in [6, 6.07) is 11.3. The van der Waals surface area contributed by atoms with Crippen molar-refractivity contribution < 1.29 is 9.59 Å². The largest absolute Gasteiger partial charge is 0.293 e. The molecule has 2 amide bonds. The number of aryl methyl sites for hydroxylation is 3. The van der Waals surface area contributed by atoms with Crippen molar-refractivity contribution >= 4 is 40.6 Å². The average molecular weight is 372 g/mol. The van der Waals surface area contributed by atoms with Gasteiger partial charge in [-0.2, -0.15) is 0 Å². The van der Waals surface area contributed by atoms with Crippen molar-refractivity contribution in [2.75, 3.05) is 0 Å². The first-order valence-electron chi connectivity index (χ1n) is 7.93. The van der Waals surface area contributed by atoms with Crippen molar-refractivity contribution in [3.05, 3.63) is 74.1 Å². The Kier molecular flexibility index (Phi) is 5.02. The number of nitrogens with zero attached hydrogens (tertiary/aromatic N) is 1. The number of halogens is 1. The minimum atomic E-state index is -0.246. The summed E-state index contributed by atoms with van der Waals surface area (Å²) in [6.45, 7) is 6.37. The molecule has 1 heterocycles. The number of hydrogen-bond donors (Lipinski definition) is 0. The molecular weight excluding hydrogens is 354 g/mol. The Morgan fingerprint density at radius 3 is 2.24 bits per heavy atom. The van der Waals surface area contributed by atoms with E-state index in [1.165, 1.54) is 10.5 Å². The molecule has 0 aromatic heterocycles. The molecule has 3 rings (SSSR count). The number of carbonyl (C=O) groups excluding carboxylic acids is 2. The summed E-state index contributed by atoms with van der Waals surface area (Å²) >= 11 is 6.86. The van der Waals surface area contributed by atoms with E-state index in [4.69, 9.17) is 11.6 Å². The predicted octanol–water partition coefficient (Wildman–Crippen LogP) is 5.50. The quantitative estimate of drug-likeness (QED) is 0.668. The molecule has 0 spiro atoms. The first-order valence-corrected chi connectivity index (χ1v) is 9.12. The molecule has 0 unspecified atom stereocenters. The Morgan fingerprint density at radius 2 is 1.64 bits per heavy atom. The van der Waals surface area contributed by atoms with Crippen molar-refractivity contribution in [3.8, 4) is 0 Å². The zero-order valence-corrected chi connectivity index (χ0v) is 15.9. The molecule has 0 bridgehead atoms. The number of imide groups is 1. The Balaban J connectivity index is 1.86. The van der Waals surface area contributed by atoms with E-state index in [0.29, 0.717) is 16.5 Å². The molecule has 1 aliphatic heterocycles. The topological polar surface area (TPSA) is 37.4 Å². The fourth-order valence-corrected chi connectivity index (χ4v) is 3.93. The van der Waals surface area contributed by atoms with Crippen LogP contribution in [0.2, 0.25) is 5.02 Å². The summed E-state index contributed by atoms with van der Waals surface area (Å²) in [7, 11) is 0. The number of hydrogen-bond acceptors (Lipinski definition) is 3. The predicted molar refractivity (Wildman–Crippen MR) is 104 cm³/mol. The van der Waals surface area contributed by atoms with E-state index in [9.17, 15) is 9.59 Å². The maximum Gasteiger partial charge on any atom is 0.293 e. The van der Waals surface area contributed by atoms with Gasteiger partial charge in [0, 0.05) is 5.02 Å². The molecule has 0 N–H and O–H groups in total. The third-order valence-corrected chi connectivity index (χ3v) is 5.36. The molecule has 0 radical (unpaired) electrons. The SMILES string of the molecule is Cc1cc(C)c(CN2C(=O)SC(=Cc3ccc(Cl)cc3)C2=O)c(C)c1. The van der Waals surface area contributed by atoms with Gasteiger partial charge in [0.05, 0.1) is 11.4 Å². The van der Waals surface area contributed by atoms with Crippen LogP contribution in [0.25, 0.3) is 6.08 Å². The van der Waals surface area contributed by atoms with E-state index in [1.807, 2.05) is 32.9 Å². The van der Waals surface area contributed by atoms with Gasteiger partial charge in [-0.25, -0.2) is 0 Å². The number of thioether (sulfide) groups is 1. The molecule has 1 aliphatic rings. The normalized spacial score (nSPS) is 16.2. The highest BCUT2D eigenvalue weighted by Crippen LogP contribution is 2.34. The molecule has 5 heteroatoms. The highest BCUT2D eigenvalue weighted by atomic mass is 35.5. The molecular formula is C20H18ClNO2S. The summed E-state index contributed by atoms with van der Waals surface area (Å²) in [5.41, 5.74) is 5.24. The highest BCUT2D eigenvalue weighted by Gasteiger charge is 2.35. The van der Waals surface area contributed by atoms with Crippen LogP contribution in [-0.4, -0.2) is 16.0 Å². The van der Waals surface area contributed by atoms with Gasteiger partial charge in [-0.1, -0.05) is 41.4 Å². The number of amides is 2. The molecule has 1 saturated heterocycles. The van der Waals surface area contributed by atoms with E-state index < -0.39 is 0 Å². The molecule has 0 saturated carbocycles. The van der Waals surface area contributed by atoms with Gasteiger partial charge in [0.15, 0.2) is 0 Å². The third kappa shape index (κ3) is 3.80. The van der Waals surface area contributed by atoms with Gasteiger partial charge in [-0.15, -0.1) is 0 Å². The van der Waals surface area contributed by atoms with Gasteiger partial charge in [0.2, 0.25) is 0 Å². The zero-order valence-electron chi connectivity index (χ0n) is 14.3. The minimum absolute atomic E-state index is 0.232. The molecule has 2 aromatic rings. The van der Waals surface area contributed by atoms with Gasteiger partial charge in [-0.05, 0) is 73.0 Å². The molecule has 2 aromatic carbocycles. The molecule has 0 aliphatic carbocycles. The standard InChI is InChI=1S/C20H18ClNO2S/c1-12-8-13(2)17(14(3)9-12)11-22-19(23)18(25-20(22)24)10-15-4-6-16(21)7-5-15/h4-10H,11H2,1-3H3. The molecule has 0 atom stereocenters. The Morgan fingerprint density at radius 1 is 1.04 bits per heavy atom. The average Bonchev–Trinajstić information content (AvgIpc) is 2.80. The molecule has 128 valence electrons. The fraction of sp³-hybridized carbons (Fsp3) is 0.200. The van der Waals surface area contributed by atoms with E-state index in [2.05, 4.69) is 12.1 Å². The lowest BCUT2D eigenvalue weighted by atomic mass is 9.99. The van der Waals surface area contributed by atoms with Crippen LogP contribution < -0.4 is 0 Å². The van der Waals surface area contributed by atoms with E-state index in [0.717, 1.165) is 34.0 Å². The molecule has 25 heavy (non-hydrogen) atoms. The van der Waals surface area contributed by atoms with Crippen LogP contribution in [-0.2, 0) is 11.3 Å². The monoisotopic (exact) mass is 371 g/mol. The maximum atomic E-state index is 12.7. The molecule has 3 nitrogen and oxygen atoms in total. The second-order valence-corrected chi connectivity index (χ2v) is 7.63. The highest BCUT2D eigenvalue weighted by molar-refractivity contribution is 8.18. The van der Waals surface area contributed by atoms with Crippen molar-refractivity contribution in [1.82, 2.24) is 4.90 Å². The first-order chi connectivity index (χ1) is 11.8. The van der Waals surface area contributed by atoms with Gasteiger partial charge in [0.25, 0.3) is 11.1 Å². The smallest absolute Gasteiger partial charge is 0.268 e. The van der Waals surface area contributed by atoms with Crippen LogP contribution >= 0.6 is 23.4 Å². The number of carbonyl (C=O) groups is 2. The van der Waals surface area contributed by atoms with Gasteiger partial charge >= 0.3 is 0 Å². The second-order valence-electron chi connectivity index (χ2n) is 6.20. The van der Waals surface area contributed by atoms with Crippen molar-refractivity contribution in [3.63, 3.8) is 0 Å². The Labute approximate surface area is 156 Å². The summed E-state index contributed by atoms with van der Waals surface area (Å²) < 4.78 is 0. The van der Waals surface area contributed by atoms with E-state index in [1.54, 1.807) is 18.2 Å². The van der Waals surface area contributed by atoms with Crippen molar-refractivity contribution in [2.24, 2.45) is 0 Å². The van der Waals surface area contributed by atoms with Crippen LogP contribution in [0.5, 0.6) is 0 Å². The summed E-state index contributed by atoms with van der Waals surface area (Å²) in [5, 5.41) is 0.403. The van der Waals surface area contributed by atoms with E-state index >= 15 is 0 Å². The Bertz CT molecular complexity index is 864. The maximum absolute atomic E-state index is 12.7. The lowest BCUT2D eigenvalue weighted by molar-refractivity contribution is -0.123. The van der Waals surface area contributed by atoms with Crippen LogP contribution in [0, 0.1) is 20.8 Å². The summed E-state index contributed by atoms with van der Waals surface area (Å²) in [5.74, 6) is -0.246. The lowest BCUT2D eigenvalue weighted by Crippen LogP contribution is -2.28. The van der Waals surface area contributed by atoms with Crippen LogP contribution in [0.3, 0.4) is 0 Å².